The van der Waals surface area contributed by atoms with Gasteiger partial charge in [-0.3, -0.25) is 4.79 Å². The van der Waals surface area contributed by atoms with Crippen molar-refractivity contribution in [1.29, 1.82) is 0 Å². The molecular weight excluding hydrogens is 285 g/mol. The van der Waals surface area contributed by atoms with Crippen molar-refractivity contribution in [2.24, 2.45) is 0 Å². The summed E-state index contributed by atoms with van der Waals surface area (Å²) in [6.07, 6.45) is 0. The van der Waals surface area contributed by atoms with Crippen molar-refractivity contribution in [1.82, 2.24) is 15.5 Å². The van der Waals surface area contributed by atoms with Gasteiger partial charge in [0.1, 0.15) is 5.82 Å². The van der Waals surface area contributed by atoms with Crippen molar-refractivity contribution in [2.45, 2.75) is 6.54 Å². The van der Waals surface area contributed by atoms with Crippen LogP contribution in [0.15, 0.2) is 59.0 Å². The zero-order valence-corrected chi connectivity index (χ0v) is 11.5. The number of hydrogen-bond donors (Lipinski definition) is 1. The lowest BCUT2D eigenvalue weighted by Crippen LogP contribution is -2.23. The van der Waals surface area contributed by atoms with Crippen LogP contribution in [0.4, 0.5) is 4.39 Å². The highest BCUT2D eigenvalue weighted by Gasteiger charge is 2.15. The van der Waals surface area contributed by atoms with Crippen molar-refractivity contribution in [3.63, 3.8) is 0 Å². The molecule has 0 spiro atoms. The molecule has 5 nitrogen and oxygen atoms in total. The molecule has 110 valence electrons. The smallest absolute Gasteiger partial charge is 0.309 e. The van der Waals surface area contributed by atoms with Gasteiger partial charge >= 0.3 is 11.8 Å². The van der Waals surface area contributed by atoms with Crippen LogP contribution in [0.5, 0.6) is 0 Å². The molecule has 3 rings (SSSR count). The number of hydrogen-bond acceptors (Lipinski definition) is 4. The van der Waals surface area contributed by atoms with E-state index in [2.05, 4.69) is 15.5 Å². The van der Waals surface area contributed by atoms with Crippen molar-refractivity contribution < 1.29 is 13.6 Å². The molecule has 0 aliphatic heterocycles. The molecule has 0 atom stereocenters. The van der Waals surface area contributed by atoms with Gasteiger partial charge in [-0.1, -0.05) is 36.4 Å². The standard InChI is InChI=1S/C16H12FN3O2/c17-13-8-4-7-12(9-13)15-19-20-16(22-15)14(21)18-10-11-5-2-1-3-6-11/h1-9H,10H2,(H,18,21). The van der Waals surface area contributed by atoms with E-state index in [1.807, 2.05) is 30.3 Å². The van der Waals surface area contributed by atoms with Crippen LogP contribution in [0.2, 0.25) is 0 Å². The minimum Gasteiger partial charge on any atom is -0.412 e. The quantitative estimate of drug-likeness (QED) is 0.804. The Bertz CT molecular complexity index is 787. The predicted molar refractivity (Wildman–Crippen MR) is 77.3 cm³/mol. The highest BCUT2D eigenvalue weighted by Crippen LogP contribution is 2.18. The molecule has 0 aliphatic rings. The Morgan fingerprint density at radius 2 is 1.91 bits per heavy atom. The normalized spacial score (nSPS) is 10.4. The van der Waals surface area contributed by atoms with E-state index in [9.17, 15) is 9.18 Å². The Morgan fingerprint density at radius 1 is 1.09 bits per heavy atom. The first-order chi connectivity index (χ1) is 10.7. The van der Waals surface area contributed by atoms with Crippen LogP contribution >= 0.6 is 0 Å². The molecule has 0 unspecified atom stereocenters. The molecular formula is C16H12FN3O2. The van der Waals surface area contributed by atoms with E-state index in [-0.39, 0.29) is 11.8 Å². The summed E-state index contributed by atoms with van der Waals surface area (Å²) in [5.41, 5.74) is 1.38. The van der Waals surface area contributed by atoms with Crippen molar-refractivity contribution in [3.8, 4) is 11.5 Å². The van der Waals surface area contributed by atoms with Crippen molar-refractivity contribution >= 4 is 5.91 Å². The molecule has 1 heterocycles. The third-order valence-electron chi connectivity index (χ3n) is 2.99. The average molecular weight is 297 g/mol. The highest BCUT2D eigenvalue weighted by atomic mass is 19.1. The molecule has 0 bridgehead atoms. The SMILES string of the molecule is O=C(NCc1ccccc1)c1nnc(-c2cccc(F)c2)o1. The molecule has 2 aromatic carbocycles. The number of benzene rings is 2. The number of nitrogens with zero attached hydrogens (tertiary/aromatic N) is 2. The molecule has 0 saturated heterocycles. The van der Waals surface area contributed by atoms with Crippen LogP contribution in [0.25, 0.3) is 11.5 Å². The molecule has 3 aromatic rings. The molecule has 1 N–H and O–H groups in total. The van der Waals surface area contributed by atoms with Gasteiger partial charge in [-0.05, 0) is 23.8 Å². The number of carbonyl (C=O) groups is 1. The van der Waals surface area contributed by atoms with Crippen LogP contribution in [0.1, 0.15) is 16.2 Å². The second-order valence-corrected chi connectivity index (χ2v) is 4.59. The minimum atomic E-state index is -0.473. The topological polar surface area (TPSA) is 68.0 Å². The van der Waals surface area contributed by atoms with E-state index in [1.54, 1.807) is 6.07 Å². The Balaban J connectivity index is 1.69. The highest BCUT2D eigenvalue weighted by molar-refractivity contribution is 5.89. The third-order valence-corrected chi connectivity index (χ3v) is 2.99. The average Bonchev–Trinajstić information content (AvgIpc) is 3.04. The number of aromatic nitrogens is 2. The summed E-state index contributed by atoms with van der Waals surface area (Å²) in [7, 11) is 0. The minimum absolute atomic E-state index is 0.101. The van der Waals surface area contributed by atoms with Crippen molar-refractivity contribution in [2.75, 3.05) is 0 Å². The second kappa shape index (κ2) is 6.17. The first kappa shape index (κ1) is 13.9. The number of carbonyl (C=O) groups excluding carboxylic acids is 1. The Morgan fingerprint density at radius 3 is 2.68 bits per heavy atom. The molecule has 22 heavy (non-hydrogen) atoms. The lowest BCUT2D eigenvalue weighted by molar-refractivity contribution is 0.0917. The number of nitrogens with one attached hydrogen (secondary N) is 1. The van der Waals surface area contributed by atoms with Gasteiger partial charge in [0, 0.05) is 12.1 Å². The maximum Gasteiger partial charge on any atom is 0.309 e. The number of rotatable bonds is 4. The molecule has 6 heteroatoms. The summed E-state index contributed by atoms with van der Waals surface area (Å²) in [5, 5.41) is 10.1. The van der Waals surface area contributed by atoms with E-state index in [1.165, 1.54) is 18.2 Å². The summed E-state index contributed by atoms with van der Waals surface area (Å²) in [4.78, 5) is 11.9. The van der Waals surface area contributed by atoms with Gasteiger partial charge in [0.05, 0.1) is 0 Å². The third kappa shape index (κ3) is 3.17. The molecule has 0 fully saturated rings. The first-order valence-corrected chi connectivity index (χ1v) is 6.64. The Hall–Kier alpha value is -3.02. The monoisotopic (exact) mass is 297 g/mol. The zero-order valence-electron chi connectivity index (χ0n) is 11.5. The maximum atomic E-state index is 13.2. The van der Waals surface area contributed by atoms with E-state index < -0.39 is 11.7 Å². The summed E-state index contributed by atoms with van der Waals surface area (Å²) in [5.74, 6) is -0.940. The van der Waals surface area contributed by atoms with E-state index in [0.717, 1.165) is 5.56 Å². The fourth-order valence-electron chi connectivity index (χ4n) is 1.91. The zero-order chi connectivity index (χ0) is 15.4. The Labute approximate surface area is 125 Å². The fraction of sp³-hybridized carbons (Fsp3) is 0.0625. The molecule has 0 saturated carbocycles. The van der Waals surface area contributed by atoms with Crippen LogP contribution in [0.3, 0.4) is 0 Å². The van der Waals surface area contributed by atoms with Gasteiger partial charge in [0.2, 0.25) is 5.89 Å². The molecule has 0 radical (unpaired) electrons. The largest absolute Gasteiger partial charge is 0.412 e. The van der Waals surface area contributed by atoms with Crippen LogP contribution in [-0.4, -0.2) is 16.1 Å². The molecule has 1 amide bonds. The molecule has 1 aromatic heterocycles. The lowest BCUT2D eigenvalue weighted by Gasteiger charge is -2.01. The van der Waals surface area contributed by atoms with Gasteiger partial charge in [-0.15, -0.1) is 10.2 Å². The van der Waals surface area contributed by atoms with E-state index >= 15 is 0 Å². The summed E-state index contributed by atoms with van der Waals surface area (Å²) < 4.78 is 18.4. The Kier molecular flexibility index (Phi) is 3.91. The molecule has 0 aliphatic carbocycles. The van der Waals surface area contributed by atoms with Crippen LogP contribution < -0.4 is 5.32 Å². The van der Waals surface area contributed by atoms with Gasteiger partial charge in [0.25, 0.3) is 0 Å². The number of halogens is 1. The van der Waals surface area contributed by atoms with E-state index in [4.69, 9.17) is 4.42 Å². The van der Waals surface area contributed by atoms with Crippen molar-refractivity contribution in [3.05, 3.63) is 71.9 Å². The van der Waals surface area contributed by atoms with Crippen LogP contribution in [0, 0.1) is 5.82 Å². The second-order valence-electron chi connectivity index (χ2n) is 4.59. The van der Waals surface area contributed by atoms with Gasteiger partial charge in [-0.2, -0.15) is 0 Å². The lowest BCUT2D eigenvalue weighted by atomic mass is 10.2. The first-order valence-electron chi connectivity index (χ1n) is 6.64. The number of amides is 1. The van der Waals surface area contributed by atoms with E-state index in [0.29, 0.717) is 12.1 Å². The fourth-order valence-corrected chi connectivity index (χ4v) is 1.91. The summed E-state index contributed by atoms with van der Waals surface area (Å²) in [6.45, 7) is 0.358. The van der Waals surface area contributed by atoms with Gasteiger partial charge in [0.15, 0.2) is 0 Å². The van der Waals surface area contributed by atoms with Crippen LogP contribution in [-0.2, 0) is 6.54 Å². The van der Waals surface area contributed by atoms with Gasteiger partial charge < -0.3 is 9.73 Å². The van der Waals surface area contributed by atoms with Gasteiger partial charge in [-0.25, -0.2) is 4.39 Å². The summed E-state index contributed by atoms with van der Waals surface area (Å²) in [6, 6.07) is 15.2. The predicted octanol–water partition coefficient (Wildman–Crippen LogP) is 2.81. The summed E-state index contributed by atoms with van der Waals surface area (Å²) >= 11 is 0. The maximum absolute atomic E-state index is 13.2.